The third-order valence-corrected chi connectivity index (χ3v) is 2.25. The summed E-state index contributed by atoms with van der Waals surface area (Å²) in [5, 5.41) is 4.48. The number of benzene rings is 1. The number of aromatic amines is 1. The molecule has 0 amide bonds. The molecule has 0 atom stereocenters. The number of imidazole rings is 1. The van der Waals surface area contributed by atoms with Gasteiger partial charge in [0.25, 0.3) is 0 Å². The molecule has 0 spiro atoms. The molecule has 5 heteroatoms. The summed E-state index contributed by atoms with van der Waals surface area (Å²) in [5.41, 5.74) is 2.45. The van der Waals surface area contributed by atoms with E-state index in [1.54, 1.807) is 6.07 Å². The Bertz CT molecular complexity index is 518. The highest BCUT2D eigenvalue weighted by Gasteiger charge is 2.05. The SMILES string of the molecule is CO/N=C(\C)c1nc2ccc(Cl)cc2[nH]1. The van der Waals surface area contributed by atoms with E-state index in [0.717, 1.165) is 11.0 Å². The van der Waals surface area contributed by atoms with Crippen molar-refractivity contribution in [2.45, 2.75) is 6.92 Å². The number of aromatic nitrogens is 2. The van der Waals surface area contributed by atoms with Crippen molar-refractivity contribution >= 4 is 28.3 Å². The van der Waals surface area contributed by atoms with Crippen LogP contribution in [0, 0.1) is 0 Å². The van der Waals surface area contributed by atoms with Crippen LogP contribution < -0.4 is 0 Å². The second-order valence-corrected chi connectivity index (χ2v) is 3.54. The lowest BCUT2D eigenvalue weighted by Gasteiger charge is -1.92. The van der Waals surface area contributed by atoms with Crippen LogP contribution >= 0.6 is 11.6 Å². The molecule has 1 aromatic heterocycles. The van der Waals surface area contributed by atoms with Crippen molar-refractivity contribution in [1.29, 1.82) is 0 Å². The quantitative estimate of drug-likeness (QED) is 0.629. The van der Waals surface area contributed by atoms with Gasteiger partial charge in [-0.15, -0.1) is 0 Å². The number of hydrogen-bond donors (Lipinski definition) is 1. The van der Waals surface area contributed by atoms with E-state index in [4.69, 9.17) is 11.6 Å². The molecule has 78 valence electrons. The van der Waals surface area contributed by atoms with Crippen molar-refractivity contribution < 1.29 is 4.84 Å². The first-order valence-corrected chi connectivity index (χ1v) is 4.82. The zero-order valence-corrected chi connectivity index (χ0v) is 9.17. The smallest absolute Gasteiger partial charge is 0.156 e. The summed E-state index contributed by atoms with van der Waals surface area (Å²) in [7, 11) is 1.50. The summed E-state index contributed by atoms with van der Waals surface area (Å²) in [6.07, 6.45) is 0. The molecule has 0 saturated heterocycles. The first kappa shape index (κ1) is 9.98. The summed E-state index contributed by atoms with van der Waals surface area (Å²) in [6.45, 7) is 1.82. The fraction of sp³-hybridized carbons (Fsp3) is 0.200. The summed E-state index contributed by atoms with van der Waals surface area (Å²) in [6, 6.07) is 5.49. The second-order valence-electron chi connectivity index (χ2n) is 3.11. The molecule has 0 bridgehead atoms. The van der Waals surface area contributed by atoms with Gasteiger partial charge in [0.1, 0.15) is 12.8 Å². The molecule has 2 aromatic rings. The zero-order valence-electron chi connectivity index (χ0n) is 8.41. The topological polar surface area (TPSA) is 50.3 Å². The van der Waals surface area contributed by atoms with E-state index >= 15 is 0 Å². The first-order chi connectivity index (χ1) is 7.20. The summed E-state index contributed by atoms with van der Waals surface area (Å²) >= 11 is 5.87. The van der Waals surface area contributed by atoms with Crippen LogP contribution in [0.4, 0.5) is 0 Å². The Balaban J connectivity index is 2.52. The molecule has 0 saturated carbocycles. The predicted octanol–water partition coefficient (Wildman–Crippen LogP) is 2.59. The second kappa shape index (κ2) is 3.90. The molecule has 0 aliphatic rings. The Morgan fingerprint density at radius 3 is 3.07 bits per heavy atom. The fourth-order valence-corrected chi connectivity index (χ4v) is 1.51. The van der Waals surface area contributed by atoms with Gasteiger partial charge in [0.05, 0.1) is 11.0 Å². The lowest BCUT2D eigenvalue weighted by Crippen LogP contribution is -1.97. The number of H-pyrrole nitrogens is 1. The minimum atomic E-state index is 0.680. The molecule has 4 nitrogen and oxygen atoms in total. The Kier molecular flexibility index (Phi) is 2.60. The molecule has 1 heterocycles. The normalized spacial score (nSPS) is 12.1. The van der Waals surface area contributed by atoms with Gasteiger partial charge < -0.3 is 9.82 Å². The Hall–Kier alpha value is -1.55. The van der Waals surface area contributed by atoms with E-state index < -0.39 is 0 Å². The molecule has 1 N–H and O–H groups in total. The van der Waals surface area contributed by atoms with Crippen molar-refractivity contribution in [2.24, 2.45) is 5.16 Å². The maximum atomic E-state index is 5.87. The Morgan fingerprint density at radius 1 is 1.53 bits per heavy atom. The van der Waals surface area contributed by atoms with Gasteiger partial charge in [-0.1, -0.05) is 16.8 Å². The van der Waals surface area contributed by atoms with Crippen molar-refractivity contribution in [1.82, 2.24) is 9.97 Å². The number of halogens is 1. The molecule has 1 aromatic carbocycles. The largest absolute Gasteiger partial charge is 0.399 e. The molecule has 15 heavy (non-hydrogen) atoms. The number of fused-ring (bicyclic) bond motifs is 1. The van der Waals surface area contributed by atoms with Crippen molar-refractivity contribution in [3.05, 3.63) is 29.0 Å². The minimum Gasteiger partial charge on any atom is -0.399 e. The molecule has 0 radical (unpaired) electrons. The van der Waals surface area contributed by atoms with E-state index in [2.05, 4.69) is 20.0 Å². The van der Waals surface area contributed by atoms with Gasteiger partial charge in [0, 0.05) is 5.02 Å². The number of hydrogen-bond acceptors (Lipinski definition) is 3. The van der Waals surface area contributed by atoms with Crippen LogP contribution in [0.1, 0.15) is 12.7 Å². The number of nitrogens with one attached hydrogen (secondary N) is 1. The van der Waals surface area contributed by atoms with Crippen LogP contribution in [-0.4, -0.2) is 22.8 Å². The zero-order chi connectivity index (χ0) is 10.8. The molecular weight excluding hydrogens is 214 g/mol. The summed E-state index contributed by atoms with van der Waals surface area (Å²) in [5.74, 6) is 0.689. The van der Waals surface area contributed by atoms with Gasteiger partial charge in [-0.25, -0.2) is 4.98 Å². The molecule has 2 rings (SSSR count). The number of oxime groups is 1. The number of rotatable bonds is 2. The lowest BCUT2D eigenvalue weighted by molar-refractivity contribution is 0.213. The van der Waals surface area contributed by atoms with Crippen LogP contribution in [0.2, 0.25) is 5.02 Å². The van der Waals surface area contributed by atoms with Crippen molar-refractivity contribution in [2.75, 3.05) is 7.11 Å². The van der Waals surface area contributed by atoms with E-state index in [0.29, 0.717) is 16.6 Å². The maximum absolute atomic E-state index is 5.87. The van der Waals surface area contributed by atoms with Gasteiger partial charge in [-0.2, -0.15) is 0 Å². The molecule has 0 unspecified atom stereocenters. The van der Waals surface area contributed by atoms with Gasteiger partial charge in [-0.05, 0) is 25.1 Å². The standard InChI is InChI=1S/C10H10ClN3O/c1-6(14-15-2)10-12-8-4-3-7(11)5-9(8)13-10/h3-5H,1-2H3,(H,12,13)/b14-6+. The highest BCUT2D eigenvalue weighted by molar-refractivity contribution is 6.31. The van der Waals surface area contributed by atoms with Gasteiger partial charge in [0.15, 0.2) is 5.82 Å². The van der Waals surface area contributed by atoms with E-state index in [-0.39, 0.29) is 0 Å². The highest BCUT2D eigenvalue weighted by atomic mass is 35.5. The first-order valence-electron chi connectivity index (χ1n) is 4.44. The molecule has 0 aliphatic heterocycles. The molecule has 0 fully saturated rings. The number of nitrogens with zero attached hydrogens (tertiary/aromatic N) is 2. The minimum absolute atomic E-state index is 0.680. The van der Waals surface area contributed by atoms with E-state index in [1.807, 2.05) is 19.1 Å². The highest BCUT2D eigenvalue weighted by Crippen LogP contribution is 2.17. The van der Waals surface area contributed by atoms with Crippen LogP contribution in [0.3, 0.4) is 0 Å². The van der Waals surface area contributed by atoms with Crippen LogP contribution in [0.15, 0.2) is 23.4 Å². The van der Waals surface area contributed by atoms with E-state index in [9.17, 15) is 0 Å². The van der Waals surface area contributed by atoms with Crippen LogP contribution in [-0.2, 0) is 4.84 Å². The third kappa shape index (κ3) is 1.94. The van der Waals surface area contributed by atoms with Crippen LogP contribution in [0.25, 0.3) is 11.0 Å². The Labute approximate surface area is 91.9 Å². The van der Waals surface area contributed by atoms with Gasteiger partial charge in [0.2, 0.25) is 0 Å². The maximum Gasteiger partial charge on any atom is 0.156 e. The van der Waals surface area contributed by atoms with Crippen molar-refractivity contribution in [3.8, 4) is 0 Å². The van der Waals surface area contributed by atoms with E-state index in [1.165, 1.54) is 7.11 Å². The summed E-state index contributed by atoms with van der Waals surface area (Å²) in [4.78, 5) is 12.1. The fourth-order valence-electron chi connectivity index (χ4n) is 1.33. The van der Waals surface area contributed by atoms with Crippen LogP contribution in [0.5, 0.6) is 0 Å². The van der Waals surface area contributed by atoms with Crippen molar-refractivity contribution in [3.63, 3.8) is 0 Å². The monoisotopic (exact) mass is 223 g/mol. The lowest BCUT2D eigenvalue weighted by atomic mass is 10.3. The molecule has 0 aliphatic carbocycles. The Morgan fingerprint density at radius 2 is 2.33 bits per heavy atom. The predicted molar refractivity (Wildman–Crippen MR) is 60.3 cm³/mol. The third-order valence-electron chi connectivity index (χ3n) is 2.01. The average molecular weight is 224 g/mol. The van der Waals surface area contributed by atoms with Gasteiger partial charge >= 0.3 is 0 Å². The average Bonchev–Trinajstić information content (AvgIpc) is 2.60. The molecular formula is C10H10ClN3O. The van der Waals surface area contributed by atoms with Gasteiger partial charge in [-0.3, -0.25) is 0 Å². The summed E-state index contributed by atoms with van der Waals surface area (Å²) < 4.78 is 0.